The van der Waals surface area contributed by atoms with Gasteiger partial charge in [0.2, 0.25) is 5.91 Å². The lowest BCUT2D eigenvalue weighted by Crippen LogP contribution is -2.32. The number of rotatable bonds is 4. The van der Waals surface area contributed by atoms with E-state index in [9.17, 15) is 13.6 Å². The van der Waals surface area contributed by atoms with Crippen molar-refractivity contribution in [3.8, 4) is 0 Å². The van der Waals surface area contributed by atoms with Crippen LogP contribution in [0.15, 0.2) is 42.5 Å². The van der Waals surface area contributed by atoms with Crippen LogP contribution in [0.4, 0.5) is 20.2 Å². The van der Waals surface area contributed by atoms with Gasteiger partial charge in [-0.1, -0.05) is 23.7 Å². The predicted octanol–water partition coefficient (Wildman–Crippen LogP) is 4.06. The summed E-state index contributed by atoms with van der Waals surface area (Å²) in [5.74, 6) is -1.46. The number of amides is 1. The minimum absolute atomic E-state index is 0.0401. The fourth-order valence-corrected chi connectivity index (χ4v) is 1.89. The average Bonchev–Trinajstić information content (AvgIpc) is 2.45. The zero-order valence-corrected chi connectivity index (χ0v) is 11.9. The van der Waals surface area contributed by atoms with Gasteiger partial charge in [0.1, 0.15) is 17.7 Å². The van der Waals surface area contributed by atoms with Gasteiger partial charge in [0.05, 0.1) is 10.7 Å². The predicted molar refractivity (Wildman–Crippen MR) is 79.5 cm³/mol. The number of hydrogen-bond donors (Lipinski definition) is 2. The van der Waals surface area contributed by atoms with Gasteiger partial charge in [0.15, 0.2) is 0 Å². The van der Waals surface area contributed by atoms with E-state index in [1.165, 1.54) is 36.4 Å². The number of benzene rings is 2. The van der Waals surface area contributed by atoms with E-state index < -0.39 is 23.6 Å². The van der Waals surface area contributed by atoms with Crippen LogP contribution < -0.4 is 10.6 Å². The smallest absolute Gasteiger partial charge is 0.246 e. The van der Waals surface area contributed by atoms with Crippen LogP contribution >= 0.6 is 11.6 Å². The Hall–Kier alpha value is -2.14. The van der Waals surface area contributed by atoms with E-state index in [1.54, 1.807) is 13.0 Å². The summed E-state index contributed by atoms with van der Waals surface area (Å²) >= 11 is 5.66. The summed E-state index contributed by atoms with van der Waals surface area (Å²) in [6, 6.07) is 9.28. The highest BCUT2D eigenvalue weighted by Gasteiger charge is 2.15. The normalized spacial score (nSPS) is 11.8. The number of carbonyl (C=O) groups is 1. The molecule has 0 fully saturated rings. The third-order valence-corrected chi connectivity index (χ3v) is 3.12. The second-order valence-corrected chi connectivity index (χ2v) is 4.87. The lowest BCUT2D eigenvalue weighted by molar-refractivity contribution is -0.116. The van der Waals surface area contributed by atoms with E-state index in [0.717, 1.165) is 0 Å². The Morgan fingerprint density at radius 2 is 1.86 bits per heavy atom. The Labute approximate surface area is 125 Å². The first-order valence-corrected chi connectivity index (χ1v) is 6.62. The summed E-state index contributed by atoms with van der Waals surface area (Å²) in [5, 5.41) is 5.30. The Morgan fingerprint density at radius 1 is 1.14 bits per heavy atom. The lowest BCUT2D eigenvalue weighted by Gasteiger charge is -2.15. The van der Waals surface area contributed by atoms with Gasteiger partial charge in [-0.25, -0.2) is 8.78 Å². The molecule has 2 N–H and O–H groups in total. The maximum absolute atomic E-state index is 13.4. The number of hydrogen-bond acceptors (Lipinski definition) is 2. The van der Waals surface area contributed by atoms with Gasteiger partial charge >= 0.3 is 0 Å². The van der Waals surface area contributed by atoms with Crippen LogP contribution in [0.1, 0.15) is 6.92 Å². The average molecular weight is 311 g/mol. The van der Waals surface area contributed by atoms with Crippen molar-refractivity contribution in [2.75, 3.05) is 10.6 Å². The first kappa shape index (κ1) is 15.3. The SMILES string of the molecule is C[C@H](Nc1ccc(F)c(Cl)c1)C(=O)Nc1ccccc1F. The third kappa shape index (κ3) is 3.92. The number of para-hydroxylation sites is 1. The molecule has 2 rings (SSSR count). The maximum Gasteiger partial charge on any atom is 0.246 e. The molecule has 110 valence electrons. The molecular weight excluding hydrogens is 298 g/mol. The van der Waals surface area contributed by atoms with Crippen LogP contribution in [0.2, 0.25) is 5.02 Å². The Morgan fingerprint density at radius 3 is 2.52 bits per heavy atom. The minimum Gasteiger partial charge on any atom is -0.374 e. The largest absolute Gasteiger partial charge is 0.374 e. The summed E-state index contributed by atoms with van der Waals surface area (Å²) in [7, 11) is 0. The molecule has 6 heteroatoms. The van der Waals surface area contributed by atoms with Crippen LogP contribution in [0.3, 0.4) is 0 Å². The van der Waals surface area contributed by atoms with Crippen molar-refractivity contribution in [1.82, 2.24) is 0 Å². The lowest BCUT2D eigenvalue weighted by atomic mass is 10.2. The summed E-state index contributed by atoms with van der Waals surface area (Å²) in [5.41, 5.74) is 0.603. The molecule has 0 saturated carbocycles. The molecule has 1 amide bonds. The van der Waals surface area contributed by atoms with E-state index >= 15 is 0 Å². The molecule has 0 aliphatic rings. The summed E-state index contributed by atoms with van der Waals surface area (Å²) < 4.78 is 26.5. The first-order chi connectivity index (χ1) is 9.97. The van der Waals surface area contributed by atoms with Crippen LogP contribution in [0, 0.1) is 11.6 Å². The third-order valence-electron chi connectivity index (χ3n) is 2.83. The highest BCUT2D eigenvalue weighted by atomic mass is 35.5. The molecule has 0 spiro atoms. The van der Waals surface area contributed by atoms with E-state index in [4.69, 9.17) is 11.6 Å². The monoisotopic (exact) mass is 310 g/mol. The van der Waals surface area contributed by atoms with Gasteiger partial charge in [-0.3, -0.25) is 4.79 Å². The first-order valence-electron chi connectivity index (χ1n) is 6.24. The van der Waals surface area contributed by atoms with Crippen LogP contribution in [-0.4, -0.2) is 11.9 Å². The highest BCUT2D eigenvalue weighted by Crippen LogP contribution is 2.20. The van der Waals surface area contributed by atoms with Gasteiger partial charge in [0.25, 0.3) is 0 Å². The van der Waals surface area contributed by atoms with Crippen molar-refractivity contribution < 1.29 is 13.6 Å². The fourth-order valence-electron chi connectivity index (χ4n) is 1.71. The van der Waals surface area contributed by atoms with Gasteiger partial charge in [-0.2, -0.15) is 0 Å². The van der Waals surface area contributed by atoms with Crippen molar-refractivity contribution in [2.45, 2.75) is 13.0 Å². The van der Waals surface area contributed by atoms with Crippen molar-refractivity contribution in [2.24, 2.45) is 0 Å². The summed E-state index contributed by atoms with van der Waals surface area (Å²) in [4.78, 5) is 12.0. The van der Waals surface area contributed by atoms with E-state index in [2.05, 4.69) is 10.6 Å². The Balaban J connectivity index is 2.02. The van der Waals surface area contributed by atoms with Gasteiger partial charge in [-0.15, -0.1) is 0 Å². The summed E-state index contributed by atoms with van der Waals surface area (Å²) in [6.07, 6.45) is 0. The fraction of sp³-hybridized carbons (Fsp3) is 0.133. The molecule has 0 aliphatic carbocycles. The van der Waals surface area contributed by atoms with Gasteiger partial charge < -0.3 is 10.6 Å². The topological polar surface area (TPSA) is 41.1 Å². The summed E-state index contributed by atoms with van der Waals surface area (Å²) in [6.45, 7) is 1.60. The number of halogens is 3. The van der Waals surface area contributed by atoms with Crippen molar-refractivity contribution in [1.29, 1.82) is 0 Å². The molecule has 0 bridgehead atoms. The van der Waals surface area contributed by atoms with Crippen LogP contribution in [-0.2, 0) is 4.79 Å². The molecule has 1 atom stereocenters. The van der Waals surface area contributed by atoms with E-state index in [1.807, 2.05) is 0 Å². The zero-order chi connectivity index (χ0) is 15.4. The van der Waals surface area contributed by atoms with Crippen molar-refractivity contribution in [3.05, 3.63) is 59.1 Å². The number of nitrogens with one attached hydrogen (secondary N) is 2. The van der Waals surface area contributed by atoms with E-state index in [-0.39, 0.29) is 10.7 Å². The number of anilines is 2. The Bertz CT molecular complexity index is 664. The Kier molecular flexibility index (Phi) is 4.75. The molecule has 0 heterocycles. The molecule has 3 nitrogen and oxygen atoms in total. The zero-order valence-electron chi connectivity index (χ0n) is 11.2. The molecule has 0 aromatic heterocycles. The molecule has 0 saturated heterocycles. The molecule has 0 aliphatic heterocycles. The second-order valence-electron chi connectivity index (χ2n) is 4.46. The van der Waals surface area contributed by atoms with Crippen molar-refractivity contribution in [3.63, 3.8) is 0 Å². The molecule has 21 heavy (non-hydrogen) atoms. The maximum atomic E-state index is 13.4. The van der Waals surface area contributed by atoms with E-state index in [0.29, 0.717) is 5.69 Å². The minimum atomic E-state index is -0.647. The second kappa shape index (κ2) is 6.54. The van der Waals surface area contributed by atoms with Crippen LogP contribution in [0.5, 0.6) is 0 Å². The van der Waals surface area contributed by atoms with Gasteiger partial charge in [0, 0.05) is 5.69 Å². The van der Waals surface area contributed by atoms with Crippen molar-refractivity contribution >= 4 is 28.9 Å². The number of carbonyl (C=O) groups excluding carboxylic acids is 1. The van der Waals surface area contributed by atoms with Crippen LogP contribution in [0.25, 0.3) is 0 Å². The quantitative estimate of drug-likeness (QED) is 0.894. The molecule has 0 unspecified atom stereocenters. The standard InChI is InChI=1S/C15H13ClF2N2O/c1-9(19-10-6-7-12(17)11(16)8-10)15(21)20-14-5-3-2-4-13(14)18/h2-9,19H,1H3,(H,20,21)/t9-/m0/s1. The van der Waals surface area contributed by atoms with Gasteiger partial charge in [-0.05, 0) is 37.3 Å². The molecular formula is C15H13ClF2N2O. The molecule has 2 aromatic rings. The molecule has 0 radical (unpaired) electrons. The molecule has 2 aromatic carbocycles. The highest BCUT2D eigenvalue weighted by molar-refractivity contribution is 6.31.